The molecular formula is C14H17BFNO3. The van der Waals surface area contributed by atoms with E-state index in [2.05, 4.69) is 4.98 Å². The van der Waals surface area contributed by atoms with Crippen molar-refractivity contribution < 1.29 is 18.1 Å². The van der Waals surface area contributed by atoms with E-state index in [-0.39, 0.29) is 0 Å². The fraction of sp³-hybridized carbons (Fsp3) is 0.500. The number of aryl methyl sites for hydroxylation is 1. The Balaban J connectivity index is 2.05. The maximum atomic E-state index is 14.2. The number of aromatic nitrogens is 1. The summed E-state index contributed by atoms with van der Waals surface area (Å²) >= 11 is 0. The highest BCUT2D eigenvalue weighted by Gasteiger charge is 2.52. The van der Waals surface area contributed by atoms with Crippen molar-refractivity contribution in [2.24, 2.45) is 0 Å². The van der Waals surface area contributed by atoms with E-state index < -0.39 is 24.1 Å². The number of fused-ring (bicyclic) bond motifs is 1. The first-order chi connectivity index (χ1) is 9.19. The van der Waals surface area contributed by atoms with E-state index in [1.165, 1.54) is 6.07 Å². The third-order valence-corrected chi connectivity index (χ3v) is 4.12. The third-order valence-electron chi connectivity index (χ3n) is 4.12. The molecule has 106 valence electrons. The lowest BCUT2D eigenvalue weighted by atomic mass is 9.78. The minimum absolute atomic E-state index is 0.340. The molecular weight excluding hydrogens is 260 g/mol. The van der Waals surface area contributed by atoms with Crippen molar-refractivity contribution in [2.45, 2.75) is 45.8 Å². The van der Waals surface area contributed by atoms with Crippen LogP contribution in [0.4, 0.5) is 4.39 Å². The van der Waals surface area contributed by atoms with Crippen LogP contribution in [0.3, 0.4) is 0 Å². The molecule has 4 nitrogen and oxygen atoms in total. The molecule has 0 aliphatic carbocycles. The van der Waals surface area contributed by atoms with E-state index in [1.807, 2.05) is 27.7 Å². The number of hydrogen-bond donors (Lipinski definition) is 0. The Labute approximate surface area is 117 Å². The number of hydrogen-bond acceptors (Lipinski definition) is 4. The SMILES string of the molecule is Cc1nc2cc(F)c(B3OC(C)(C)C(C)(C)O3)cc2o1. The van der Waals surface area contributed by atoms with E-state index in [0.29, 0.717) is 22.5 Å². The van der Waals surface area contributed by atoms with Crippen molar-refractivity contribution in [1.82, 2.24) is 4.98 Å². The van der Waals surface area contributed by atoms with Gasteiger partial charge < -0.3 is 13.7 Å². The molecule has 0 radical (unpaired) electrons. The minimum Gasteiger partial charge on any atom is -0.441 e. The van der Waals surface area contributed by atoms with Gasteiger partial charge in [-0.15, -0.1) is 0 Å². The molecule has 3 rings (SSSR count). The zero-order valence-electron chi connectivity index (χ0n) is 12.3. The quantitative estimate of drug-likeness (QED) is 0.751. The van der Waals surface area contributed by atoms with Crippen LogP contribution in [0.2, 0.25) is 0 Å². The van der Waals surface area contributed by atoms with Gasteiger partial charge in [0.05, 0.1) is 11.2 Å². The maximum Gasteiger partial charge on any atom is 0.497 e. The van der Waals surface area contributed by atoms with E-state index in [4.69, 9.17) is 13.7 Å². The van der Waals surface area contributed by atoms with Gasteiger partial charge in [-0.1, -0.05) is 0 Å². The molecule has 1 saturated heterocycles. The van der Waals surface area contributed by atoms with E-state index in [1.54, 1.807) is 13.0 Å². The Bertz CT molecular complexity index is 664. The van der Waals surface area contributed by atoms with Gasteiger partial charge in [0.2, 0.25) is 0 Å². The van der Waals surface area contributed by atoms with E-state index in [0.717, 1.165) is 0 Å². The summed E-state index contributed by atoms with van der Waals surface area (Å²) in [7, 11) is -0.741. The lowest BCUT2D eigenvalue weighted by molar-refractivity contribution is 0.00578. The first-order valence-corrected chi connectivity index (χ1v) is 6.62. The van der Waals surface area contributed by atoms with Crippen molar-refractivity contribution in [3.05, 3.63) is 23.8 Å². The Hall–Kier alpha value is -1.40. The first-order valence-electron chi connectivity index (χ1n) is 6.62. The third kappa shape index (κ3) is 1.94. The van der Waals surface area contributed by atoms with Crippen LogP contribution in [0.25, 0.3) is 11.1 Å². The second kappa shape index (κ2) is 4.05. The molecule has 2 aromatic rings. The molecule has 0 amide bonds. The number of oxazole rings is 1. The van der Waals surface area contributed by atoms with Gasteiger partial charge in [0, 0.05) is 18.5 Å². The number of benzene rings is 1. The van der Waals surface area contributed by atoms with Gasteiger partial charge in [-0.2, -0.15) is 0 Å². The van der Waals surface area contributed by atoms with Crippen LogP contribution >= 0.6 is 0 Å². The maximum absolute atomic E-state index is 14.2. The van der Waals surface area contributed by atoms with Gasteiger partial charge in [-0.3, -0.25) is 0 Å². The number of nitrogens with zero attached hydrogens (tertiary/aromatic N) is 1. The molecule has 1 aromatic heterocycles. The lowest BCUT2D eigenvalue weighted by Gasteiger charge is -2.32. The summed E-state index contributed by atoms with van der Waals surface area (Å²) in [6.07, 6.45) is 0. The molecule has 20 heavy (non-hydrogen) atoms. The molecule has 1 aliphatic heterocycles. The number of rotatable bonds is 1. The standard InChI is InChI=1S/C14H17BFNO3/c1-8-17-11-7-10(16)9(6-12(11)18-8)15-19-13(2,3)14(4,5)20-15/h6-7H,1-5H3. The normalized spacial score (nSPS) is 20.8. The van der Waals surface area contributed by atoms with Gasteiger partial charge >= 0.3 is 7.12 Å². The average molecular weight is 277 g/mol. The van der Waals surface area contributed by atoms with Gasteiger partial charge in [0.15, 0.2) is 11.5 Å². The van der Waals surface area contributed by atoms with Gasteiger partial charge in [-0.25, -0.2) is 9.37 Å². The van der Waals surface area contributed by atoms with Gasteiger partial charge in [0.25, 0.3) is 0 Å². The second-order valence-electron chi connectivity index (χ2n) is 6.16. The summed E-state index contributed by atoms with van der Waals surface area (Å²) in [4.78, 5) is 4.11. The van der Waals surface area contributed by atoms with Gasteiger partial charge in [-0.05, 0) is 33.8 Å². The molecule has 1 aromatic carbocycles. The second-order valence-corrected chi connectivity index (χ2v) is 6.16. The van der Waals surface area contributed by atoms with Crippen LogP contribution in [0.1, 0.15) is 33.6 Å². The lowest BCUT2D eigenvalue weighted by Crippen LogP contribution is -2.41. The van der Waals surface area contributed by atoms with Crippen molar-refractivity contribution in [2.75, 3.05) is 0 Å². The fourth-order valence-corrected chi connectivity index (χ4v) is 2.23. The molecule has 0 saturated carbocycles. The monoisotopic (exact) mass is 277 g/mol. The summed E-state index contributed by atoms with van der Waals surface area (Å²) in [5.41, 5.74) is 0.369. The summed E-state index contributed by atoms with van der Waals surface area (Å²) in [5.74, 6) is 0.106. The largest absolute Gasteiger partial charge is 0.497 e. The Morgan fingerprint density at radius 2 is 1.70 bits per heavy atom. The molecule has 6 heteroatoms. The van der Waals surface area contributed by atoms with Crippen LogP contribution in [-0.4, -0.2) is 23.3 Å². The molecule has 0 unspecified atom stereocenters. The average Bonchev–Trinajstić information content (AvgIpc) is 2.74. The summed E-state index contributed by atoms with van der Waals surface area (Å²) in [5, 5.41) is 0. The fourth-order valence-electron chi connectivity index (χ4n) is 2.23. The summed E-state index contributed by atoms with van der Waals surface area (Å²) in [6.45, 7) is 9.46. The van der Waals surface area contributed by atoms with Crippen molar-refractivity contribution in [1.29, 1.82) is 0 Å². The highest BCUT2D eigenvalue weighted by molar-refractivity contribution is 6.62. The molecule has 0 N–H and O–H groups in total. The van der Waals surface area contributed by atoms with E-state index >= 15 is 0 Å². The zero-order valence-corrected chi connectivity index (χ0v) is 12.3. The van der Waals surface area contributed by atoms with Gasteiger partial charge in [0.1, 0.15) is 11.3 Å². The molecule has 0 bridgehead atoms. The predicted octanol–water partition coefficient (Wildman–Crippen LogP) is 2.57. The van der Waals surface area contributed by atoms with E-state index in [9.17, 15) is 4.39 Å². The first kappa shape index (κ1) is 13.6. The van der Waals surface area contributed by atoms with Crippen molar-refractivity contribution >= 4 is 23.7 Å². The summed E-state index contributed by atoms with van der Waals surface area (Å²) < 4.78 is 31.4. The van der Waals surface area contributed by atoms with Crippen LogP contribution in [0.5, 0.6) is 0 Å². The van der Waals surface area contributed by atoms with Crippen molar-refractivity contribution in [3.63, 3.8) is 0 Å². The highest BCUT2D eigenvalue weighted by Crippen LogP contribution is 2.36. The smallest absolute Gasteiger partial charge is 0.441 e. The minimum atomic E-state index is -0.741. The Kier molecular flexibility index (Phi) is 2.75. The Morgan fingerprint density at radius 1 is 1.10 bits per heavy atom. The van der Waals surface area contributed by atoms with Crippen LogP contribution < -0.4 is 5.46 Å². The van der Waals surface area contributed by atoms with Crippen LogP contribution in [0, 0.1) is 12.7 Å². The molecule has 2 heterocycles. The molecule has 0 atom stereocenters. The Morgan fingerprint density at radius 3 is 2.30 bits per heavy atom. The molecule has 0 spiro atoms. The highest BCUT2D eigenvalue weighted by atomic mass is 19.1. The number of halogens is 1. The molecule has 1 aliphatic rings. The predicted molar refractivity (Wildman–Crippen MR) is 74.4 cm³/mol. The topological polar surface area (TPSA) is 44.5 Å². The molecule has 1 fully saturated rings. The van der Waals surface area contributed by atoms with Crippen molar-refractivity contribution in [3.8, 4) is 0 Å². The summed E-state index contributed by atoms with van der Waals surface area (Å²) in [6, 6.07) is 2.96. The van der Waals surface area contributed by atoms with Crippen LogP contribution in [-0.2, 0) is 9.31 Å². The van der Waals surface area contributed by atoms with Crippen LogP contribution in [0.15, 0.2) is 16.5 Å². The zero-order chi connectivity index (χ0) is 14.7.